The van der Waals surface area contributed by atoms with Gasteiger partial charge in [0.15, 0.2) is 11.5 Å². The van der Waals surface area contributed by atoms with E-state index in [0.717, 1.165) is 12.0 Å². The molecule has 1 heterocycles. The van der Waals surface area contributed by atoms with Crippen molar-refractivity contribution in [2.45, 2.75) is 26.7 Å². The molecule has 128 valence electrons. The summed E-state index contributed by atoms with van der Waals surface area (Å²) in [4.78, 5) is 18.3. The molecule has 7 heteroatoms. The lowest BCUT2D eigenvalue weighted by Crippen LogP contribution is -2.11. The Morgan fingerprint density at radius 2 is 2.12 bits per heavy atom. The lowest BCUT2D eigenvalue weighted by Gasteiger charge is -2.10. The van der Waals surface area contributed by atoms with Crippen molar-refractivity contribution in [1.82, 2.24) is 9.97 Å². The third-order valence-corrected chi connectivity index (χ3v) is 3.19. The summed E-state index contributed by atoms with van der Waals surface area (Å²) in [7, 11) is 1.60. The highest BCUT2D eigenvalue weighted by molar-refractivity contribution is 5.81. The number of aromatic nitrogens is 2. The van der Waals surface area contributed by atoms with Gasteiger partial charge in [-0.3, -0.25) is 9.78 Å². The number of hydrazone groups is 1. The van der Waals surface area contributed by atoms with Crippen molar-refractivity contribution in [3.8, 4) is 11.5 Å². The zero-order valence-electron chi connectivity index (χ0n) is 14.1. The number of benzene rings is 1. The molecule has 0 unspecified atom stereocenters. The minimum atomic E-state index is -0.210. The van der Waals surface area contributed by atoms with Gasteiger partial charge in [0.05, 0.1) is 19.9 Å². The summed E-state index contributed by atoms with van der Waals surface area (Å²) in [6.45, 7) is 4.62. The fourth-order valence-electron chi connectivity index (χ4n) is 2.01. The molecule has 2 rings (SSSR count). The molecule has 0 saturated heterocycles. The number of hydrogen-bond donors (Lipinski definition) is 2. The number of aromatic amines is 1. The Balaban J connectivity index is 2.09. The number of ether oxygens (including phenoxy) is 2. The van der Waals surface area contributed by atoms with Crippen LogP contribution >= 0.6 is 0 Å². The Bertz CT molecular complexity index is 756. The Labute approximate surface area is 140 Å². The van der Waals surface area contributed by atoms with Crippen LogP contribution in [0.25, 0.3) is 0 Å². The van der Waals surface area contributed by atoms with Crippen LogP contribution in [0.3, 0.4) is 0 Å². The molecule has 0 radical (unpaired) electrons. The average Bonchev–Trinajstić information content (AvgIpc) is 2.59. The lowest BCUT2D eigenvalue weighted by molar-refractivity contribution is 0.294. The van der Waals surface area contributed by atoms with Gasteiger partial charge in [-0.15, -0.1) is 0 Å². The molecule has 0 spiro atoms. The first kappa shape index (κ1) is 17.5. The number of hydrogen-bond acceptors (Lipinski definition) is 6. The first-order valence-electron chi connectivity index (χ1n) is 7.86. The Hall–Kier alpha value is -2.83. The maximum atomic E-state index is 11.5. The first-order valence-corrected chi connectivity index (χ1v) is 7.86. The fourth-order valence-corrected chi connectivity index (χ4v) is 2.01. The monoisotopic (exact) mass is 330 g/mol. The van der Waals surface area contributed by atoms with Gasteiger partial charge in [-0.2, -0.15) is 5.10 Å². The van der Waals surface area contributed by atoms with Crippen molar-refractivity contribution in [3.63, 3.8) is 0 Å². The molecule has 0 saturated carbocycles. The highest BCUT2D eigenvalue weighted by Gasteiger charge is 2.04. The first-order chi connectivity index (χ1) is 11.7. The molecule has 1 aromatic carbocycles. The SMILES string of the molecule is CCCOc1ccc(/C=N\Nc2nc(CC)cc(=O)[nH]2)cc1OC. The van der Waals surface area contributed by atoms with E-state index in [1.54, 1.807) is 13.3 Å². The highest BCUT2D eigenvalue weighted by atomic mass is 16.5. The summed E-state index contributed by atoms with van der Waals surface area (Å²) >= 11 is 0. The molecule has 0 bridgehead atoms. The van der Waals surface area contributed by atoms with Gasteiger partial charge in [0.1, 0.15) is 0 Å². The summed E-state index contributed by atoms with van der Waals surface area (Å²) in [5.41, 5.74) is 4.05. The Kier molecular flexibility index (Phi) is 6.36. The number of methoxy groups -OCH3 is 1. The van der Waals surface area contributed by atoms with Gasteiger partial charge in [0, 0.05) is 11.8 Å². The van der Waals surface area contributed by atoms with Gasteiger partial charge in [0.25, 0.3) is 5.56 Å². The number of H-pyrrole nitrogens is 1. The predicted molar refractivity (Wildman–Crippen MR) is 94.2 cm³/mol. The van der Waals surface area contributed by atoms with Crippen molar-refractivity contribution in [2.75, 3.05) is 19.1 Å². The molecule has 0 aliphatic carbocycles. The number of anilines is 1. The maximum absolute atomic E-state index is 11.5. The van der Waals surface area contributed by atoms with Crippen molar-refractivity contribution >= 4 is 12.2 Å². The van der Waals surface area contributed by atoms with Crippen LogP contribution in [0, 0.1) is 0 Å². The van der Waals surface area contributed by atoms with Gasteiger partial charge in [-0.25, -0.2) is 10.4 Å². The zero-order valence-corrected chi connectivity index (χ0v) is 14.1. The van der Waals surface area contributed by atoms with Gasteiger partial charge in [0.2, 0.25) is 5.95 Å². The van der Waals surface area contributed by atoms with Crippen molar-refractivity contribution in [3.05, 3.63) is 45.9 Å². The standard InChI is InChI=1S/C17H22N4O3/c1-4-8-24-14-7-6-12(9-15(14)23-3)11-18-21-17-19-13(5-2)10-16(22)20-17/h6-7,9-11H,4-5,8H2,1-3H3,(H2,19,20,21,22)/b18-11-. The van der Waals surface area contributed by atoms with Crippen LogP contribution < -0.4 is 20.5 Å². The molecule has 0 amide bonds. The molecule has 7 nitrogen and oxygen atoms in total. The second kappa shape index (κ2) is 8.71. The van der Waals surface area contributed by atoms with E-state index >= 15 is 0 Å². The molecular weight excluding hydrogens is 308 g/mol. The third kappa shape index (κ3) is 4.84. The molecule has 1 aromatic heterocycles. The van der Waals surface area contributed by atoms with Crippen LogP contribution in [-0.4, -0.2) is 29.9 Å². The summed E-state index contributed by atoms with van der Waals surface area (Å²) in [5.74, 6) is 1.66. The Morgan fingerprint density at radius 1 is 1.29 bits per heavy atom. The van der Waals surface area contributed by atoms with Gasteiger partial charge in [-0.1, -0.05) is 13.8 Å². The van der Waals surface area contributed by atoms with Gasteiger partial charge >= 0.3 is 0 Å². The van der Waals surface area contributed by atoms with E-state index in [-0.39, 0.29) is 5.56 Å². The number of nitrogens with one attached hydrogen (secondary N) is 2. The van der Waals surface area contributed by atoms with E-state index < -0.39 is 0 Å². The van der Waals surface area contributed by atoms with Crippen LogP contribution in [0.5, 0.6) is 11.5 Å². The maximum Gasteiger partial charge on any atom is 0.252 e. The second-order valence-electron chi connectivity index (χ2n) is 5.07. The molecule has 0 atom stereocenters. The molecule has 2 N–H and O–H groups in total. The number of rotatable bonds is 8. The third-order valence-electron chi connectivity index (χ3n) is 3.19. The largest absolute Gasteiger partial charge is 0.493 e. The second-order valence-corrected chi connectivity index (χ2v) is 5.07. The predicted octanol–water partition coefficient (Wildman–Crippen LogP) is 2.58. The minimum absolute atomic E-state index is 0.210. The van der Waals surface area contributed by atoms with E-state index in [9.17, 15) is 4.79 Å². The van der Waals surface area contributed by atoms with Gasteiger partial charge < -0.3 is 9.47 Å². The number of aryl methyl sites for hydroxylation is 1. The smallest absolute Gasteiger partial charge is 0.252 e. The normalized spacial score (nSPS) is 10.8. The minimum Gasteiger partial charge on any atom is -0.493 e. The summed E-state index contributed by atoms with van der Waals surface area (Å²) in [5, 5.41) is 4.09. The van der Waals surface area contributed by atoms with Crippen molar-refractivity contribution < 1.29 is 9.47 Å². The summed E-state index contributed by atoms with van der Waals surface area (Å²) in [6.07, 6.45) is 3.22. The summed E-state index contributed by atoms with van der Waals surface area (Å²) in [6, 6.07) is 7.01. The topological polar surface area (TPSA) is 88.6 Å². The lowest BCUT2D eigenvalue weighted by atomic mass is 10.2. The van der Waals surface area contributed by atoms with E-state index in [1.807, 2.05) is 32.0 Å². The average molecular weight is 330 g/mol. The van der Waals surface area contributed by atoms with Crippen LogP contribution in [-0.2, 0) is 6.42 Å². The van der Waals surface area contributed by atoms with Crippen LogP contribution in [0.2, 0.25) is 0 Å². The Morgan fingerprint density at radius 3 is 2.83 bits per heavy atom. The highest BCUT2D eigenvalue weighted by Crippen LogP contribution is 2.27. The van der Waals surface area contributed by atoms with Crippen molar-refractivity contribution in [2.24, 2.45) is 5.10 Å². The molecule has 0 aliphatic heterocycles. The quantitative estimate of drug-likeness (QED) is 0.574. The van der Waals surface area contributed by atoms with E-state index in [1.165, 1.54) is 6.07 Å². The molecular formula is C17H22N4O3. The van der Waals surface area contributed by atoms with Crippen LogP contribution in [0.15, 0.2) is 34.2 Å². The zero-order chi connectivity index (χ0) is 17.4. The molecule has 24 heavy (non-hydrogen) atoms. The van der Waals surface area contributed by atoms with E-state index in [2.05, 4.69) is 20.5 Å². The number of nitrogens with zero attached hydrogens (tertiary/aromatic N) is 2. The van der Waals surface area contributed by atoms with Crippen molar-refractivity contribution in [1.29, 1.82) is 0 Å². The molecule has 0 aliphatic rings. The fraction of sp³-hybridized carbons (Fsp3) is 0.353. The molecule has 0 fully saturated rings. The van der Waals surface area contributed by atoms with E-state index in [0.29, 0.717) is 36.2 Å². The summed E-state index contributed by atoms with van der Waals surface area (Å²) < 4.78 is 10.9. The van der Waals surface area contributed by atoms with Gasteiger partial charge in [-0.05, 0) is 36.6 Å². The van der Waals surface area contributed by atoms with E-state index in [4.69, 9.17) is 9.47 Å². The van der Waals surface area contributed by atoms with Crippen LogP contribution in [0.1, 0.15) is 31.5 Å². The molecule has 2 aromatic rings. The van der Waals surface area contributed by atoms with Crippen LogP contribution in [0.4, 0.5) is 5.95 Å².